The van der Waals surface area contributed by atoms with Gasteiger partial charge in [-0.2, -0.15) is 0 Å². The summed E-state index contributed by atoms with van der Waals surface area (Å²) in [4.78, 5) is 3.15. The van der Waals surface area contributed by atoms with E-state index in [0.717, 1.165) is 55.8 Å². The van der Waals surface area contributed by atoms with Gasteiger partial charge in [-0.05, 0) is 86.4 Å². The molecule has 0 unspecified atom stereocenters. The highest BCUT2D eigenvalue weighted by Gasteiger charge is 2.17. The smallest absolute Gasteiger partial charge is 0.153 e. The summed E-state index contributed by atoms with van der Waals surface area (Å²) in [6, 6.07) is 21.8. The van der Waals surface area contributed by atoms with Crippen LogP contribution in [0.1, 0.15) is 0 Å². The van der Waals surface area contributed by atoms with Gasteiger partial charge in [0.25, 0.3) is 0 Å². The predicted octanol–water partition coefficient (Wildman–Crippen LogP) is 6.32. The number of ether oxygens (including phenoxy) is 4. The maximum absolute atomic E-state index is 6.42. The van der Waals surface area contributed by atoms with Gasteiger partial charge in [0.1, 0.15) is 29.6 Å². The van der Waals surface area contributed by atoms with E-state index in [1.54, 1.807) is 25.6 Å². The van der Waals surface area contributed by atoms with Gasteiger partial charge >= 0.3 is 0 Å². The minimum Gasteiger partial charge on any atom is -0.497 e. The van der Waals surface area contributed by atoms with E-state index in [1.807, 2.05) is 68.7 Å². The predicted molar refractivity (Wildman–Crippen MR) is 131 cm³/mol. The van der Waals surface area contributed by atoms with E-state index in [9.17, 15) is 0 Å². The van der Waals surface area contributed by atoms with Gasteiger partial charge in [0.05, 0.1) is 19.1 Å². The van der Waals surface area contributed by atoms with Gasteiger partial charge in [-0.25, -0.2) is 0 Å². The van der Waals surface area contributed by atoms with Crippen LogP contribution < -0.4 is 18.9 Å². The Morgan fingerprint density at radius 1 is 0.750 bits per heavy atom. The molecule has 4 aromatic rings. The molecule has 0 N–H and O–H groups in total. The minimum atomic E-state index is 0.645. The Morgan fingerprint density at radius 2 is 1.38 bits per heavy atom. The van der Waals surface area contributed by atoms with Crippen LogP contribution in [-0.2, 0) is 0 Å². The van der Waals surface area contributed by atoms with Crippen LogP contribution >= 0.6 is 11.3 Å². The third-order valence-electron chi connectivity index (χ3n) is 5.05. The second kappa shape index (κ2) is 9.94. The topological polar surface area (TPSA) is 40.2 Å². The Kier molecular flexibility index (Phi) is 6.83. The van der Waals surface area contributed by atoms with E-state index in [4.69, 9.17) is 18.9 Å². The molecule has 1 heterocycles. The lowest BCUT2D eigenvalue weighted by atomic mass is 10.1. The maximum atomic E-state index is 6.42. The van der Waals surface area contributed by atoms with Crippen LogP contribution in [0, 0.1) is 0 Å². The summed E-state index contributed by atoms with van der Waals surface area (Å²) < 4.78 is 24.1. The Morgan fingerprint density at radius 3 is 2.03 bits per heavy atom. The first-order valence-corrected chi connectivity index (χ1v) is 11.2. The van der Waals surface area contributed by atoms with Crippen LogP contribution in [0.5, 0.6) is 28.7 Å². The first kappa shape index (κ1) is 22.0. The van der Waals surface area contributed by atoms with Gasteiger partial charge < -0.3 is 23.8 Å². The Labute approximate surface area is 192 Å². The van der Waals surface area contributed by atoms with Crippen LogP contribution in [0.15, 0.2) is 66.7 Å². The fourth-order valence-electron chi connectivity index (χ4n) is 3.28. The number of rotatable bonds is 9. The molecule has 0 aliphatic rings. The van der Waals surface area contributed by atoms with Crippen molar-refractivity contribution in [2.24, 2.45) is 0 Å². The lowest BCUT2D eigenvalue weighted by Gasteiger charge is -2.12. The Hall–Kier alpha value is -3.22. The van der Waals surface area contributed by atoms with E-state index >= 15 is 0 Å². The van der Waals surface area contributed by atoms with Crippen molar-refractivity contribution in [2.45, 2.75) is 0 Å². The van der Waals surface area contributed by atoms with Crippen LogP contribution in [0.3, 0.4) is 0 Å². The summed E-state index contributed by atoms with van der Waals surface area (Å²) in [5.74, 6) is 4.07. The van der Waals surface area contributed by atoms with E-state index in [0.29, 0.717) is 6.61 Å². The number of hydrogen-bond donors (Lipinski definition) is 0. The maximum Gasteiger partial charge on any atom is 0.153 e. The molecule has 0 saturated heterocycles. The van der Waals surface area contributed by atoms with Gasteiger partial charge in [0.15, 0.2) is 5.75 Å². The number of hydrogen-bond acceptors (Lipinski definition) is 6. The molecular formula is C26H27NO4S. The first-order valence-electron chi connectivity index (χ1n) is 10.4. The lowest BCUT2D eigenvalue weighted by Crippen LogP contribution is -2.19. The third kappa shape index (κ3) is 4.98. The molecule has 3 aromatic carbocycles. The second-order valence-corrected chi connectivity index (χ2v) is 8.63. The Bertz CT molecular complexity index is 1170. The molecule has 0 aliphatic heterocycles. The lowest BCUT2D eigenvalue weighted by molar-refractivity contribution is 0.261. The summed E-state index contributed by atoms with van der Waals surface area (Å²) in [7, 11) is 7.41. The molecule has 4 rings (SSSR count). The normalized spacial score (nSPS) is 11.0. The second-order valence-electron chi connectivity index (χ2n) is 7.58. The van der Waals surface area contributed by atoms with Crippen molar-refractivity contribution in [3.8, 4) is 39.2 Å². The molecule has 0 radical (unpaired) electrons. The van der Waals surface area contributed by atoms with Crippen molar-refractivity contribution in [3.05, 3.63) is 66.7 Å². The van der Waals surface area contributed by atoms with Crippen molar-refractivity contribution in [3.63, 3.8) is 0 Å². The molecule has 0 amide bonds. The molecule has 6 heteroatoms. The van der Waals surface area contributed by atoms with E-state index in [2.05, 4.69) is 17.0 Å². The quantitative estimate of drug-likeness (QED) is 0.299. The number of likely N-dealkylation sites (N-methyl/N-ethyl adjacent to an activating group) is 1. The third-order valence-corrected chi connectivity index (χ3v) is 6.24. The fraction of sp³-hybridized carbons (Fsp3) is 0.231. The number of methoxy groups -OCH3 is 2. The van der Waals surface area contributed by atoms with Gasteiger partial charge in [-0.3, -0.25) is 0 Å². The van der Waals surface area contributed by atoms with Crippen molar-refractivity contribution >= 4 is 21.4 Å². The zero-order chi connectivity index (χ0) is 22.5. The van der Waals surface area contributed by atoms with Crippen LogP contribution in [0.2, 0.25) is 0 Å². The number of nitrogens with zero attached hydrogens (tertiary/aromatic N) is 1. The van der Waals surface area contributed by atoms with Crippen molar-refractivity contribution in [1.82, 2.24) is 4.90 Å². The van der Waals surface area contributed by atoms with Crippen LogP contribution in [0.25, 0.3) is 20.5 Å². The van der Waals surface area contributed by atoms with Crippen LogP contribution in [-0.4, -0.2) is 46.4 Å². The molecule has 0 atom stereocenters. The van der Waals surface area contributed by atoms with Gasteiger partial charge in [0, 0.05) is 16.6 Å². The molecule has 5 nitrogen and oxygen atoms in total. The average Bonchev–Trinajstić information content (AvgIpc) is 3.17. The highest BCUT2D eigenvalue weighted by molar-refractivity contribution is 7.22. The van der Waals surface area contributed by atoms with Gasteiger partial charge in [-0.15, -0.1) is 11.3 Å². The van der Waals surface area contributed by atoms with E-state index < -0.39 is 0 Å². The largest absolute Gasteiger partial charge is 0.497 e. The SMILES string of the molecule is COc1ccc(-c2sc3cc(OC)ccc3c2Oc2ccc(OCCN(C)C)cc2)cc1. The number of thiophene rings is 1. The van der Waals surface area contributed by atoms with Crippen LogP contribution in [0.4, 0.5) is 0 Å². The summed E-state index contributed by atoms with van der Waals surface area (Å²) in [5, 5.41) is 1.05. The molecule has 166 valence electrons. The first-order chi connectivity index (χ1) is 15.6. The molecule has 0 saturated carbocycles. The van der Waals surface area contributed by atoms with Crippen molar-refractivity contribution in [2.75, 3.05) is 41.5 Å². The molecule has 0 spiro atoms. The molecule has 0 fully saturated rings. The highest BCUT2D eigenvalue weighted by atomic mass is 32.1. The molecular weight excluding hydrogens is 422 g/mol. The standard InChI is InChI=1S/C26H27NO4S/c1-27(2)15-16-30-20-9-11-21(12-10-20)31-25-23-14-13-22(29-4)17-24(23)32-26(25)18-5-7-19(28-3)8-6-18/h5-14,17H,15-16H2,1-4H3. The van der Waals surface area contributed by atoms with Gasteiger partial charge in [-0.1, -0.05) is 0 Å². The van der Waals surface area contributed by atoms with E-state index in [-0.39, 0.29) is 0 Å². The summed E-state index contributed by atoms with van der Waals surface area (Å²) in [5.41, 5.74) is 1.07. The van der Waals surface area contributed by atoms with E-state index in [1.165, 1.54) is 0 Å². The number of fused-ring (bicyclic) bond motifs is 1. The molecule has 1 aromatic heterocycles. The molecule has 0 aliphatic carbocycles. The van der Waals surface area contributed by atoms with Crippen molar-refractivity contribution < 1.29 is 18.9 Å². The van der Waals surface area contributed by atoms with Crippen molar-refractivity contribution in [1.29, 1.82) is 0 Å². The van der Waals surface area contributed by atoms with Gasteiger partial charge in [0.2, 0.25) is 0 Å². The summed E-state index contributed by atoms with van der Waals surface area (Å²) in [6.07, 6.45) is 0. The highest BCUT2D eigenvalue weighted by Crippen LogP contribution is 2.47. The zero-order valence-electron chi connectivity index (χ0n) is 18.8. The molecule has 32 heavy (non-hydrogen) atoms. The zero-order valence-corrected chi connectivity index (χ0v) is 19.6. The monoisotopic (exact) mass is 449 g/mol. The average molecular weight is 450 g/mol. The summed E-state index contributed by atoms with van der Waals surface area (Å²) in [6.45, 7) is 1.51. The molecule has 0 bridgehead atoms. The summed E-state index contributed by atoms with van der Waals surface area (Å²) >= 11 is 1.68. The Balaban J connectivity index is 1.65. The fourth-order valence-corrected chi connectivity index (χ4v) is 4.45. The minimum absolute atomic E-state index is 0.645. The number of benzene rings is 3.